The first-order chi connectivity index (χ1) is 13.3. The fourth-order valence-electron chi connectivity index (χ4n) is 3.06. The van der Waals surface area contributed by atoms with Crippen molar-refractivity contribution in [2.24, 2.45) is 7.05 Å². The van der Waals surface area contributed by atoms with Crippen LogP contribution < -0.4 is 0 Å². The van der Waals surface area contributed by atoms with E-state index >= 15 is 0 Å². The lowest BCUT2D eigenvalue weighted by molar-refractivity contribution is 0.768. The predicted octanol–water partition coefficient (Wildman–Crippen LogP) is 2.88. The Morgan fingerprint density at radius 2 is 1.74 bits per heavy atom. The number of aromatic nitrogens is 8. The number of nitrogens with zero attached hydrogens (tertiary/aromatic N) is 7. The molecule has 0 unspecified atom stereocenters. The normalized spacial score (nSPS) is 11.1. The molecule has 4 aromatic heterocycles. The SMILES string of the molecule is Cn1cc(-c2ccc(-c3cncc4ccc(-c5nn[nH]n5)nc34)cc2)cn1. The molecule has 5 rings (SSSR count). The first-order valence-corrected chi connectivity index (χ1v) is 8.36. The Hall–Kier alpha value is -3.94. The van der Waals surface area contributed by atoms with E-state index in [-0.39, 0.29) is 0 Å². The number of H-pyrrole nitrogens is 1. The number of hydrogen-bond donors (Lipinski definition) is 1. The van der Waals surface area contributed by atoms with Gasteiger partial charge in [0.2, 0.25) is 5.82 Å². The lowest BCUT2D eigenvalue weighted by Crippen LogP contribution is -1.91. The van der Waals surface area contributed by atoms with Crippen LogP contribution in [0.3, 0.4) is 0 Å². The average molecular weight is 354 g/mol. The topological polar surface area (TPSA) is 98.1 Å². The van der Waals surface area contributed by atoms with Crippen molar-refractivity contribution in [3.8, 4) is 33.8 Å². The number of benzene rings is 1. The van der Waals surface area contributed by atoms with Gasteiger partial charge in [0.25, 0.3) is 0 Å². The zero-order valence-electron chi connectivity index (χ0n) is 14.4. The molecule has 0 saturated carbocycles. The predicted molar refractivity (Wildman–Crippen MR) is 100 cm³/mol. The summed E-state index contributed by atoms with van der Waals surface area (Å²) < 4.78 is 1.79. The molecule has 0 spiro atoms. The van der Waals surface area contributed by atoms with Crippen LogP contribution in [0.4, 0.5) is 0 Å². The van der Waals surface area contributed by atoms with Crippen molar-refractivity contribution in [1.82, 2.24) is 40.4 Å². The quantitative estimate of drug-likeness (QED) is 0.535. The minimum atomic E-state index is 0.464. The summed E-state index contributed by atoms with van der Waals surface area (Å²) in [6.07, 6.45) is 7.48. The number of nitrogens with one attached hydrogen (secondary N) is 1. The van der Waals surface area contributed by atoms with Gasteiger partial charge in [0, 0.05) is 42.2 Å². The number of tetrazole rings is 1. The zero-order valence-corrected chi connectivity index (χ0v) is 14.4. The summed E-state index contributed by atoms with van der Waals surface area (Å²) in [6.45, 7) is 0. The fourth-order valence-corrected chi connectivity index (χ4v) is 3.06. The Balaban J connectivity index is 1.60. The number of rotatable bonds is 3. The summed E-state index contributed by atoms with van der Waals surface area (Å²) in [7, 11) is 1.91. The van der Waals surface area contributed by atoms with Crippen molar-refractivity contribution in [3.05, 3.63) is 61.2 Å². The highest BCUT2D eigenvalue weighted by Gasteiger charge is 2.11. The molecule has 0 aliphatic heterocycles. The molecule has 5 aromatic rings. The number of hydrogen-bond acceptors (Lipinski definition) is 6. The van der Waals surface area contributed by atoms with Crippen LogP contribution in [-0.4, -0.2) is 40.4 Å². The van der Waals surface area contributed by atoms with Gasteiger partial charge in [-0.2, -0.15) is 10.3 Å². The van der Waals surface area contributed by atoms with Crippen LogP contribution in [0.25, 0.3) is 44.7 Å². The first kappa shape index (κ1) is 15.3. The van der Waals surface area contributed by atoms with Gasteiger partial charge in [-0.15, -0.1) is 10.2 Å². The summed E-state index contributed by atoms with van der Waals surface area (Å²) >= 11 is 0. The molecule has 1 N–H and O–H groups in total. The second-order valence-electron chi connectivity index (χ2n) is 6.17. The van der Waals surface area contributed by atoms with E-state index in [0.29, 0.717) is 11.5 Å². The van der Waals surface area contributed by atoms with Crippen LogP contribution in [0.1, 0.15) is 0 Å². The van der Waals surface area contributed by atoms with E-state index in [1.54, 1.807) is 10.9 Å². The van der Waals surface area contributed by atoms with Crippen LogP contribution >= 0.6 is 0 Å². The Morgan fingerprint density at radius 1 is 0.889 bits per heavy atom. The van der Waals surface area contributed by atoms with Crippen molar-refractivity contribution >= 4 is 10.9 Å². The number of aryl methyl sites for hydroxylation is 1. The minimum absolute atomic E-state index is 0.464. The molecule has 130 valence electrons. The van der Waals surface area contributed by atoms with E-state index < -0.39 is 0 Å². The summed E-state index contributed by atoms with van der Waals surface area (Å²) in [6, 6.07) is 12.1. The van der Waals surface area contributed by atoms with Crippen molar-refractivity contribution in [2.45, 2.75) is 0 Å². The second-order valence-corrected chi connectivity index (χ2v) is 6.17. The van der Waals surface area contributed by atoms with Gasteiger partial charge in [-0.05, 0) is 28.5 Å². The third kappa shape index (κ3) is 2.73. The summed E-state index contributed by atoms with van der Waals surface area (Å²) in [5.41, 5.74) is 5.70. The average Bonchev–Trinajstić information content (AvgIpc) is 3.39. The van der Waals surface area contributed by atoms with Crippen LogP contribution in [0.15, 0.2) is 61.2 Å². The van der Waals surface area contributed by atoms with E-state index in [4.69, 9.17) is 4.98 Å². The molecule has 0 aliphatic rings. The number of aromatic amines is 1. The molecule has 1 aromatic carbocycles. The molecule has 0 saturated heterocycles. The van der Waals surface area contributed by atoms with Crippen molar-refractivity contribution in [1.29, 1.82) is 0 Å². The smallest absolute Gasteiger partial charge is 0.222 e. The standard InChI is InChI=1S/C19H14N8/c1-27-11-15(9-21-27)12-2-4-13(5-3-12)16-10-20-8-14-6-7-17(22-18(14)16)19-23-25-26-24-19/h2-11H,1H3,(H,23,24,25,26). The highest BCUT2D eigenvalue weighted by Crippen LogP contribution is 2.29. The van der Waals surface area contributed by atoms with Crippen molar-refractivity contribution in [3.63, 3.8) is 0 Å². The van der Waals surface area contributed by atoms with Gasteiger partial charge in [0.1, 0.15) is 5.69 Å². The van der Waals surface area contributed by atoms with Gasteiger partial charge in [-0.3, -0.25) is 9.67 Å². The van der Waals surface area contributed by atoms with Gasteiger partial charge in [-0.25, -0.2) is 4.98 Å². The maximum Gasteiger partial charge on any atom is 0.222 e. The van der Waals surface area contributed by atoms with Gasteiger partial charge in [0.15, 0.2) is 0 Å². The maximum absolute atomic E-state index is 4.74. The number of fused-ring (bicyclic) bond motifs is 1. The van der Waals surface area contributed by atoms with Crippen LogP contribution in [-0.2, 0) is 7.05 Å². The molecular formula is C19H14N8. The second kappa shape index (κ2) is 6.10. The van der Waals surface area contributed by atoms with E-state index in [0.717, 1.165) is 33.2 Å². The third-order valence-corrected chi connectivity index (χ3v) is 4.41. The molecule has 0 amide bonds. The number of pyridine rings is 2. The van der Waals surface area contributed by atoms with Crippen LogP contribution in [0.5, 0.6) is 0 Å². The lowest BCUT2D eigenvalue weighted by atomic mass is 10.0. The summed E-state index contributed by atoms with van der Waals surface area (Å²) in [5.74, 6) is 0.464. The maximum atomic E-state index is 4.74. The van der Waals surface area contributed by atoms with E-state index in [2.05, 4.69) is 55.0 Å². The third-order valence-electron chi connectivity index (χ3n) is 4.41. The molecule has 8 nitrogen and oxygen atoms in total. The van der Waals surface area contributed by atoms with Gasteiger partial charge >= 0.3 is 0 Å². The summed E-state index contributed by atoms with van der Waals surface area (Å²) in [5, 5.41) is 19.3. The highest BCUT2D eigenvalue weighted by molar-refractivity contribution is 5.94. The van der Waals surface area contributed by atoms with Crippen molar-refractivity contribution in [2.75, 3.05) is 0 Å². The van der Waals surface area contributed by atoms with E-state index in [9.17, 15) is 0 Å². The molecule has 4 heterocycles. The van der Waals surface area contributed by atoms with Gasteiger partial charge < -0.3 is 0 Å². The zero-order chi connectivity index (χ0) is 18.2. The summed E-state index contributed by atoms with van der Waals surface area (Å²) in [4.78, 5) is 9.10. The minimum Gasteiger partial charge on any atom is -0.275 e. The van der Waals surface area contributed by atoms with Gasteiger partial charge in [-0.1, -0.05) is 24.3 Å². The molecule has 8 heteroatoms. The fraction of sp³-hybridized carbons (Fsp3) is 0.0526. The Kier molecular flexibility index (Phi) is 3.46. The Bertz CT molecular complexity index is 1220. The van der Waals surface area contributed by atoms with Crippen LogP contribution in [0.2, 0.25) is 0 Å². The largest absolute Gasteiger partial charge is 0.275 e. The molecule has 0 atom stereocenters. The molecule has 0 bridgehead atoms. The Labute approximate surface area is 153 Å². The van der Waals surface area contributed by atoms with Gasteiger partial charge in [0.05, 0.1) is 11.7 Å². The van der Waals surface area contributed by atoms with Crippen LogP contribution in [0, 0.1) is 0 Å². The molecule has 0 radical (unpaired) electrons. The van der Waals surface area contributed by atoms with Crippen molar-refractivity contribution < 1.29 is 0 Å². The molecule has 27 heavy (non-hydrogen) atoms. The molecule has 0 fully saturated rings. The van der Waals surface area contributed by atoms with E-state index in [1.807, 2.05) is 37.8 Å². The lowest BCUT2D eigenvalue weighted by Gasteiger charge is -2.07. The molecule has 0 aliphatic carbocycles. The first-order valence-electron chi connectivity index (χ1n) is 8.36. The monoisotopic (exact) mass is 354 g/mol. The Morgan fingerprint density at radius 3 is 2.48 bits per heavy atom. The molecular weight excluding hydrogens is 340 g/mol. The highest BCUT2D eigenvalue weighted by atomic mass is 15.5. The van der Waals surface area contributed by atoms with E-state index in [1.165, 1.54) is 0 Å².